The van der Waals surface area contributed by atoms with Gasteiger partial charge in [0.05, 0.1) is 6.61 Å². The van der Waals surface area contributed by atoms with Crippen LogP contribution in [0.25, 0.3) is 0 Å². The van der Waals surface area contributed by atoms with Crippen LogP contribution in [0.4, 0.5) is 19.4 Å². The summed E-state index contributed by atoms with van der Waals surface area (Å²) in [5.74, 6) is -0.664. The van der Waals surface area contributed by atoms with E-state index < -0.39 is 33.0 Å². The lowest BCUT2D eigenvalue weighted by atomic mass is 10.2. The molecule has 17 heavy (non-hydrogen) atoms. The monoisotopic (exact) mass is 280 g/mol. The van der Waals surface area contributed by atoms with Crippen molar-refractivity contribution in [2.75, 3.05) is 0 Å². The van der Waals surface area contributed by atoms with Crippen LogP contribution in [0, 0.1) is 0 Å². The second-order valence-corrected chi connectivity index (χ2v) is 5.33. The van der Waals surface area contributed by atoms with Gasteiger partial charge in [0.25, 0.3) is 0 Å². The molecule has 1 rings (SSSR count). The average molecular weight is 280 g/mol. The van der Waals surface area contributed by atoms with Crippen LogP contribution < -0.4 is 0 Å². The third-order valence-corrected chi connectivity index (χ3v) is 2.81. The second kappa shape index (κ2) is 4.02. The van der Waals surface area contributed by atoms with E-state index in [-0.39, 0.29) is 12.1 Å². The number of aliphatic hydroxyl groups excluding tert-OH is 1. The van der Waals surface area contributed by atoms with Crippen molar-refractivity contribution in [3.8, 4) is 5.75 Å². The molecule has 0 saturated carbocycles. The van der Waals surface area contributed by atoms with E-state index in [1.54, 1.807) is 0 Å². The largest absolute Gasteiger partial charge is 0.508 e. The van der Waals surface area contributed by atoms with Crippen molar-refractivity contribution >= 4 is 10.2 Å². The van der Waals surface area contributed by atoms with Crippen LogP contribution in [0.2, 0.25) is 0 Å². The van der Waals surface area contributed by atoms with Crippen LogP contribution in [0.3, 0.4) is 0 Å². The Labute approximate surface area is 95.4 Å². The van der Waals surface area contributed by atoms with Crippen molar-refractivity contribution < 1.29 is 29.6 Å². The fraction of sp³-hybridized carbons (Fsp3) is 0.333. The summed E-state index contributed by atoms with van der Waals surface area (Å²) < 4.78 is 61.2. The summed E-state index contributed by atoms with van der Waals surface area (Å²) in [6, 6.07) is 0.589. The zero-order valence-electron chi connectivity index (χ0n) is 9.13. The highest BCUT2D eigenvalue weighted by molar-refractivity contribution is 8.45. The van der Waals surface area contributed by atoms with E-state index in [1.165, 1.54) is 0 Å². The van der Waals surface area contributed by atoms with Gasteiger partial charge in [0.2, 0.25) is 0 Å². The summed E-state index contributed by atoms with van der Waals surface area (Å²) in [5, 5.41) is 17.4. The zero-order chi connectivity index (χ0) is 14.0. The zero-order valence-corrected chi connectivity index (χ0v) is 9.95. The third kappa shape index (κ3) is 4.39. The van der Waals surface area contributed by atoms with Crippen molar-refractivity contribution in [3.63, 3.8) is 0 Å². The molecule has 0 spiro atoms. The Kier molecular flexibility index (Phi) is 3.78. The normalized spacial score (nSPS) is 15.3. The topological polar surface area (TPSA) is 40.5 Å². The molecular formula is C9H13F5O2S. The van der Waals surface area contributed by atoms with Crippen LogP contribution in [0.1, 0.15) is 19.4 Å². The number of hydrogen-bond donors (Lipinski definition) is 2. The molecule has 0 aromatic heterocycles. The minimum atomic E-state index is -9.73. The molecule has 0 unspecified atom stereocenters. The Morgan fingerprint density at radius 2 is 1.53 bits per heavy atom. The summed E-state index contributed by atoms with van der Waals surface area (Å²) in [6.45, 7) is 3.05. The molecule has 102 valence electrons. The molecule has 0 aliphatic rings. The van der Waals surface area contributed by atoms with Gasteiger partial charge in [-0.3, -0.25) is 0 Å². The van der Waals surface area contributed by atoms with Gasteiger partial charge in [0.15, 0.2) is 0 Å². The first-order chi connectivity index (χ1) is 7.44. The number of hydrogen-bond acceptors (Lipinski definition) is 2. The van der Waals surface area contributed by atoms with Gasteiger partial charge in [0.1, 0.15) is 10.6 Å². The van der Waals surface area contributed by atoms with E-state index in [1.807, 2.05) is 13.8 Å². The molecule has 0 atom stereocenters. The van der Waals surface area contributed by atoms with Crippen LogP contribution >= 0.6 is 10.2 Å². The van der Waals surface area contributed by atoms with E-state index in [9.17, 15) is 19.4 Å². The molecule has 0 aliphatic carbocycles. The van der Waals surface area contributed by atoms with Crippen molar-refractivity contribution in [3.05, 3.63) is 23.8 Å². The molecule has 0 bridgehead atoms. The number of aliphatic hydroxyl groups is 1. The lowest BCUT2D eigenvalue weighted by Crippen LogP contribution is -2.06. The van der Waals surface area contributed by atoms with Gasteiger partial charge in [-0.25, -0.2) is 0 Å². The second-order valence-electron chi connectivity index (χ2n) is 2.92. The van der Waals surface area contributed by atoms with Crippen LogP contribution in [-0.4, -0.2) is 10.2 Å². The van der Waals surface area contributed by atoms with Gasteiger partial charge in [-0.2, -0.15) is 0 Å². The summed E-state index contributed by atoms with van der Waals surface area (Å²) in [4.78, 5) is -2.13. The number of benzene rings is 1. The first-order valence-electron chi connectivity index (χ1n) is 4.61. The first-order valence-corrected chi connectivity index (χ1v) is 6.56. The van der Waals surface area contributed by atoms with Gasteiger partial charge < -0.3 is 10.2 Å². The predicted molar refractivity (Wildman–Crippen MR) is 56.8 cm³/mol. The van der Waals surface area contributed by atoms with Crippen molar-refractivity contribution in [1.82, 2.24) is 0 Å². The quantitative estimate of drug-likeness (QED) is 0.779. The molecule has 0 fully saturated rings. The van der Waals surface area contributed by atoms with Gasteiger partial charge in [0, 0.05) is 5.56 Å². The number of rotatable bonds is 2. The van der Waals surface area contributed by atoms with E-state index >= 15 is 0 Å². The Morgan fingerprint density at radius 1 is 1.06 bits per heavy atom. The fourth-order valence-electron chi connectivity index (χ4n) is 0.928. The van der Waals surface area contributed by atoms with Gasteiger partial charge in [-0.05, 0) is 18.2 Å². The molecule has 2 nitrogen and oxygen atoms in total. The molecular weight excluding hydrogens is 267 g/mol. The molecule has 0 radical (unpaired) electrons. The van der Waals surface area contributed by atoms with Crippen LogP contribution in [0.5, 0.6) is 5.75 Å². The molecule has 1 aromatic carbocycles. The van der Waals surface area contributed by atoms with Crippen molar-refractivity contribution in [2.45, 2.75) is 25.3 Å². The standard InChI is InChI=1S/C7H7F5O2S.C2H6/c8-15(9,10,11,12)6-1-2-7(14)5(3-6)4-13;1-2/h1-3,13-14H,4H2;1-2H3. The maximum atomic E-state index is 12.2. The Balaban J connectivity index is 0.00000121. The van der Waals surface area contributed by atoms with Gasteiger partial charge >= 0.3 is 10.2 Å². The van der Waals surface area contributed by atoms with E-state index in [0.717, 1.165) is 0 Å². The highest BCUT2D eigenvalue weighted by Gasteiger charge is 2.65. The maximum Gasteiger partial charge on any atom is 0.310 e. The van der Waals surface area contributed by atoms with Gasteiger partial charge in [-0.15, -0.1) is 0 Å². The number of halogens is 5. The summed E-state index contributed by atoms with van der Waals surface area (Å²) >= 11 is 0. The molecule has 0 amide bonds. The lowest BCUT2D eigenvalue weighted by molar-refractivity contribution is 0.275. The summed E-state index contributed by atoms with van der Waals surface area (Å²) in [6.07, 6.45) is 0. The number of phenols is 1. The summed E-state index contributed by atoms with van der Waals surface area (Å²) in [7, 11) is -9.73. The highest BCUT2D eigenvalue weighted by Crippen LogP contribution is 3.02. The molecule has 8 heteroatoms. The van der Waals surface area contributed by atoms with Crippen molar-refractivity contribution in [1.29, 1.82) is 0 Å². The SMILES string of the molecule is CC.OCc1cc(S(F)(F)(F)(F)F)ccc1O. The van der Waals surface area contributed by atoms with Crippen LogP contribution in [0.15, 0.2) is 23.1 Å². The molecule has 0 heterocycles. The molecule has 1 aromatic rings. The van der Waals surface area contributed by atoms with Crippen LogP contribution in [-0.2, 0) is 6.61 Å². The van der Waals surface area contributed by atoms with E-state index in [2.05, 4.69) is 0 Å². The molecule has 2 N–H and O–H groups in total. The number of aromatic hydroxyl groups is 1. The molecule has 0 aliphatic heterocycles. The Hall–Kier alpha value is -1.02. The highest BCUT2D eigenvalue weighted by atomic mass is 32.5. The maximum absolute atomic E-state index is 12.2. The van der Waals surface area contributed by atoms with E-state index in [4.69, 9.17) is 10.2 Å². The minimum Gasteiger partial charge on any atom is -0.508 e. The Bertz CT molecular complexity index is 401. The minimum absolute atomic E-state index is 0.0386. The average Bonchev–Trinajstić information content (AvgIpc) is 2.17. The van der Waals surface area contributed by atoms with Crippen molar-refractivity contribution in [2.24, 2.45) is 0 Å². The Morgan fingerprint density at radius 3 is 1.88 bits per heavy atom. The fourth-order valence-corrected chi connectivity index (χ4v) is 1.62. The lowest BCUT2D eigenvalue weighted by Gasteiger charge is -2.40. The predicted octanol–water partition coefficient (Wildman–Crippen LogP) is 4.57. The first kappa shape index (κ1) is 16.0. The summed E-state index contributed by atoms with van der Waals surface area (Å²) in [5.41, 5.74) is -0.597. The van der Waals surface area contributed by atoms with E-state index in [0.29, 0.717) is 6.07 Å². The third-order valence-electron chi connectivity index (χ3n) is 1.67. The smallest absolute Gasteiger partial charge is 0.310 e. The van der Waals surface area contributed by atoms with Gasteiger partial charge in [-0.1, -0.05) is 33.3 Å². The molecule has 0 saturated heterocycles.